The van der Waals surface area contributed by atoms with Crippen LogP contribution in [-0.2, 0) is 6.42 Å². The minimum absolute atomic E-state index is 0.0692. The summed E-state index contributed by atoms with van der Waals surface area (Å²) < 4.78 is 16.7. The first kappa shape index (κ1) is 20.6. The summed E-state index contributed by atoms with van der Waals surface area (Å²) in [5.41, 5.74) is 8.14. The van der Waals surface area contributed by atoms with Gasteiger partial charge in [-0.1, -0.05) is 33.1 Å². The third-order valence-corrected chi connectivity index (χ3v) is 6.25. The number of nitrogens with zero attached hydrogens (tertiary/aromatic N) is 2. The van der Waals surface area contributed by atoms with E-state index in [-0.39, 0.29) is 22.8 Å². The van der Waals surface area contributed by atoms with Crippen molar-refractivity contribution in [1.29, 1.82) is 0 Å². The highest BCUT2D eigenvalue weighted by molar-refractivity contribution is 6.00. The van der Waals surface area contributed by atoms with Crippen LogP contribution < -0.4 is 11.1 Å². The molecular formula is C23H29FN4O2. The highest BCUT2D eigenvalue weighted by atomic mass is 19.1. The minimum atomic E-state index is -0.799. The molecular weight excluding hydrogens is 383 g/mol. The number of carbonyl (C=O) groups is 2. The highest BCUT2D eigenvalue weighted by Crippen LogP contribution is 2.37. The lowest BCUT2D eigenvalue weighted by molar-refractivity contribution is 0.0909. The number of carbonyl (C=O) groups excluding carboxylic acids is 2. The Morgan fingerprint density at radius 2 is 1.93 bits per heavy atom. The van der Waals surface area contributed by atoms with Gasteiger partial charge in [0, 0.05) is 18.5 Å². The number of anilines is 1. The van der Waals surface area contributed by atoms with Crippen molar-refractivity contribution in [2.75, 3.05) is 5.32 Å². The molecule has 0 bridgehead atoms. The van der Waals surface area contributed by atoms with Crippen LogP contribution in [0.1, 0.15) is 84.5 Å². The average molecular weight is 413 g/mol. The van der Waals surface area contributed by atoms with Crippen LogP contribution in [0.2, 0.25) is 0 Å². The van der Waals surface area contributed by atoms with Crippen LogP contribution in [0.5, 0.6) is 0 Å². The zero-order valence-electron chi connectivity index (χ0n) is 17.8. The number of hydrogen-bond acceptors (Lipinski definition) is 4. The molecule has 2 aliphatic rings. The molecule has 0 atom stereocenters. The molecule has 1 fully saturated rings. The van der Waals surface area contributed by atoms with Gasteiger partial charge in [0.05, 0.1) is 33.9 Å². The molecule has 160 valence electrons. The van der Waals surface area contributed by atoms with Crippen molar-refractivity contribution in [2.24, 2.45) is 11.1 Å². The maximum absolute atomic E-state index is 15.0. The Balaban J connectivity index is 1.82. The normalized spacial score (nSPS) is 18.9. The average Bonchev–Trinajstić information content (AvgIpc) is 2.97. The summed E-state index contributed by atoms with van der Waals surface area (Å²) in [6.45, 7) is 5.90. The van der Waals surface area contributed by atoms with E-state index in [4.69, 9.17) is 5.73 Å². The number of fused-ring (bicyclic) bond motifs is 1. The van der Waals surface area contributed by atoms with E-state index in [1.54, 1.807) is 17.7 Å². The van der Waals surface area contributed by atoms with Crippen molar-refractivity contribution in [3.63, 3.8) is 0 Å². The predicted molar refractivity (Wildman–Crippen MR) is 114 cm³/mol. The molecule has 30 heavy (non-hydrogen) atoms. The Labute approximate surface area is 176 Å². The first-order valence-electron chi connectivity index (χ1n) is 10.7. The molecule has 1 aromatic heterocycles. The van der Waals surface area contributed by atoms with Crippen LogP contribution in [0.25, 0.3) is 5.69 Å². The lowest BCUT2D eigenvalue weighted by Crippen LogP contribution is -2.28. The van der Waals surface area contributed by atoms with E-state index in [0.29, 0.717) is 35.5 Å². The van der Waals surface area contributed by atoms with Crippen LogP contribution >= 0.6 is 0 Å². The maximum Gasteiger partial charge on any atom is 0.253 e. The fourth-order valence-electron chi connectivity index (χ4n) is 4.90. The Morgan fingerprint density at radius 1 is 1.23 bits per heavy atom. The van der Waals surface area contributed by atoms with E-state index in [1.165, 1.54) is 12.5 Å². The summed E-state index contributed by atoms with van der Waals surface area (Å²) in [6, 6.07) is 3.20. The fourth-order valence-corrected chi connectivity index (χ4v) is 4.90. The van der Waals surface area contributed by atoms with Crippen LogP contribution in [0.3, 0.4) is 0 Å². The highest BCUT2D eigenvalue weighted by Gasteiger charge is 2.36. The van der Waals surface area contributed by atoms with E-state index in [1.807, 2.05) is 13.8 Å². The smallest absolute Gasteiger partial charge is 0.253 e. The summed E-state index contributed by atoms with van der Waals surface area (Å²) >= 11 is 0. The third kappa shape index (κ3) is 3.73. The quantitative estimate of drug-likeness (QED) is 0.783. The molecule has 6 nitrogen and oxygen atoms in total. The van der Waals surface area contributed by atoms with Crippen molar-refractivity contribution in [1.82, 2.24) is 9.78 Å². The van der Waals surface area contributed by atoms with Crippen LogP contribution in [0.15, 0.2) is 12.1 Å². The second kappa shape index (κ2) is 7.52. The number of ketones is 1. The minimum Gasteiger partial charge on any atom is -0.382 e. The van der Waals surface area contributed by atoms with Gasteiger partial charge < -0.3 is 11.1 Å². The molecule has 7 heteroatoms. The molecule has 1 saturated carbocycles. The van der Waals surface area contributed by atoms with Gasteiger partial charge in [-0.25, -0.2) is 9.07 Å². The van der Waals surface area contributed by atoms with Gasteiger partial charge in [0.1, 0.15) is 5.82 Å². The van der Waals surface area contributed by atoms with Gasteiger partial charge in [-0.3, -0.25) is 9.59 Å². The standard InChI is InChI=1S/C23H29FN4O2/c1-13-20-18(11-23(2,3)12-19(20)29)28(27-13)15-9-16(24)21(22(25)30)17(10-15)26-14-7-5-4-6-8-14/h9-10,14,26H,4-8,11-12H2,1-3H3,(H2,25,30). The van der Waals surface area contributed by atoms with Gasteiger partial charge >= 0.3 is 0 Å². The second-order valence-corrected chi connectivity index (χ2v) is 9.45. The number of amides is 1. The largest absolute Gasteiger partial charge is 0.382 e. The topological polar surface area (TPSA) is 90.0 Å². The zero-order valence-corrected chi connectivity index (χ0v) is 17.8. The van der Waals surface area contributed by atoms with Crippen molar-refractivity contribution in [3.8, 4) is 5.69 Å². The van der Waals surface area contributed by atoms with Crippen molar-refractivity contribution in [2.45, 2.75) is 71.8 Å². The number of aromatic nitrogens is 2. The fraction of sp³-hybridized carbons (Fsp3) is 0.522. The zero-order chi connectivity index (χ0) is 21.6. The Morgan fingerprint density at radius 3 is 2.60 bits per heavy atom. The van der Waals surface area contributed by atoms with Crippen molar-refractivity contribution in [3.05, 3.63) is 40.5 Å². The number of Topliss-reactive ketones (excluding diaryl/α,β-unsaturated/α-hetero) is 1. The molecule has 0 unspecified atom stereocenters. The molecule has 0 radical (unpaired) electrons. The van der Waals surface area contributed by atoms with E-state index in [9.17, 15) is 9.59 Å². The molecule has 0 aliphatic heterocycles. The van der Waals surface area contributed by atoms with Gasteiger partial charge in [-0.15, -0.1) is 0 Å². The first-order chi connectivity index (χ1) is 14.2. The van der Waals surface area contributed by atoms with E-state index < -0.39 is 11.7 Å². The van der Waals surface area contributed by atoms with Gasteiger partial charge in [-0.05, 0) is 37.7 Å². The van der Waals surface area contributed by atoms with Crippen LogP contribution in [0, 0.1) is 18.2 Å². The number of aryl methyl sites for hydroxylation is 1. The lowest BCUT2D eigenvalue weighted by atomic mass is 9.75. The Bertz CT molecular complexity index is 1020. The second-order valence-electron chi connectivity index (χ2n) is 9.45. The van der Waals surface area contributed by atoms with Crippen LogP contribution in [0.4, 0.5) is 10.1 Å². The number of benzene rings is 1. The van der Waals surface area contributed by atoms with E-state index in [2.05, 4.69) is 10.4 Å². The maximum atomic E-state index is 15.0. The third-order valence-electron chi connectivity index (χ3n) is 6.25. The van der Waals surface area contributed by atoms with Gasteiger partial charge in [-0.2, -0.15) is 5.10 Å². The molecule has 1 aromatic carbocycles. The number of halogens is 1. The number of rotatable bonds is 4. The monoisotopic (exact) mass is 412 g/mol. The van der Waals surface area contributed by atoms with Crippen molar-refractivity contribution < 1.29 is 14.0 Å². The first-order valence-corrected chi connectivity index (χ1v) is 10.7. The molecule has 3 N–H and O–H groups in total. The summed E-state index contributed by atoms with van der Waals surface area (Å²) in [7, 11) is 0. The van der Waals surface area contributed by atoms with Gasteiger partial charge in [0.2, 0.25) is 0 Å². The molecule has 2 aromatic rings. The Hall–Kier alpha value is -2.70. The molecule has 4 rings (SSSR count). The van der Waals surface area contributed by atoms with E-state index >= 15 is 4.39 Å². The predicted octanol–water partition coefficient (Wildman–Crippen LogP) is 4.32. The van der Waals surface area contributed by atoms with Crippen LogP contribution in [-0.4, -0.2) is 27.5 Å². The van der Waals surface area contributed by atoms with Crippen molar-refractivity contribution >= 4 is 17.4 Å². The summed E-state index contributed by atoms with van der Waals surface area (Å²) in [5.74, 6) is -1.41. The molecule has 1 amide bonds. The van der Waals surface area contributed by atoms with E-state index in [0.717, 1.165) is 31.4 Å². The summed E-state index contributed by atoms with van der Waals surface area (Å²) in [6.07, 6.45) is 6.49. The SMILES string of the molecule is Cc1nn(-c2cc(F)c(C(N)=O)c(NC3CCCCC3)c2)c2c1C(=O)CC(C)(C)C2. The summed E-state index contributed by atoms with van der Waals surface area (Å²) in [5, 5.41) is 7.91. The molecule has 0 saturated heterocycles. The molecule has 1 heterocycles. The number of hydrogen-bond donors (Lipinski definition) is 2. The summed E-state index contributed by atoms with van der Waals surface area (Å²) in [4.78, 5) is 24.7. The Kier molecular flexibility index (Phi) is 5.16. The molecule has 0 spiro atoms. The van der Waals surface area contributed by atoms with Gasteiger partial charge in [0.15, 0.2) is 5.78 Å². The number of primary amides is 1. The lowest BCUT2D eigenvalue weighted by Gasteiger charge is -2.29. The molecule has 2 aliphatic carbocycles. The van der Waals surface area contributed by atoms with Gasteiger partial charge in [0.25, 0.3) is 5.91 Å². The number of nitrogens with two attached hydrogens (primary N) is 1. The number of nitrogens with one attached hydrogen (secondary N) is 1.